The smallest absolute Gasteiger partial charge is 0.303 e. The molecule has 106 valence electrons. The van der Waals surface area contributed by atoms with Crippen LogP contribution in [0.3, 0.4) is 0 Å². The number of carboxylic acid groups (broad SMARTS) is 1. The number of carboxylic acids is 1. The minimum absolute atomic E-state index is 0.108. The molecule has 0 aliphatic rings. The Kier molecular flexibility index (Phi) is 5.91. The van der Waals surface area contributed by atoms with Crippen LogP contribution in [0.2, 0.25) is 0 Å². The second-order valence-corrected chi connectivity index (χ2v) is 6.18. The van der Waals surface area contributed by atoms with E-state index in [1.54, 1.807) is 6.07 Å². The lowest BCUT2D eigenvalue weighted by atomic mass is 10.0. The molecule has 0 radical (unpaired) electrons. The standard InChI is InChI=1S/C12H18N2O4S/c1-10(4-5-12(15)16)6-8-14-19(17,18)11-3-2-7-13-9-11/h2-3,7,9-10,14H,4-6,8H2,1H3,(H,15,16). The number of nitrogens with zero attached hydrogens (tertiary/aromatic N) is 1. The van der Waals surface area contributed by atoms with Crippen molar-refractivity contribution in [1.82, 2.24) is 9.71 Å². The first-order valence-corrected chi connectivity index (χ1v) is 7.51. The number of nitrogens with one attached hydrogen (secondary N) is 1. The Balaban J connectivity index is 2.38. The topological polar surface area (TPSA) is 96.4 Å². The van der Waals surface area contributed by atoms with E-state index in [4.69, 9.17) is 5.11 Å². The van der Waals surface area contributed by atoms with Crippen molar-refractivity contribution in [1.29, 1.82) is 0 Å². The second-order valence-electron chi connectivity index (χ2n) is 4.41. The van der Waals surface area contributed by atoms with E-state index in [9.17, 15) is 13.2 Å². The monoisotopic (exact) mass is 286 g/mol. The van der Waals surface area contributed by atoms with Gasteiger partial charge in [-0.15, -0.1) is 0 Å². The van der Waals surface area contributed by atoms with Crippen LogP contribution in [0.4, 0.5) is 0 Å². The SMILES string of the molecule is CC(CCNS(=O)(=O)c1cccnc1)CCC(=O)O. The lowest BCUT2D eigenvalue weighted by molar-refractivity contribution is -0.137. The predicted octanol–water partition coefficient (Wildman–Crippen LogP) is 1.25. The fraction of sp³-hybridized carbons (Fsp3) is 0.500. The zero-order valence-corrected chi connectivity index (χ0v) is 11.6. The van der Waals surface area contributed by atoms with Crippen molar-refractivity contribution in [3.05, 3.63) is 24.5 Å². The summed E-state index contributed by atoms with van der Waals surface area (Å²) in [6.45, 7) is 2.19. The molecule has 1 aromatic heterocycles. The molecular formula is C12H18N2O4S. The van der Waals surface area contributed by atoms with Crippen LogP contribution in [0.15, 0.2) is 29.4 Å². The summed E-state index contributed by atoms with van der Waals surface area (Å²) < 4.78 is 26.1. The van der Waals surface area contributed by atoms with Crippen molar-refractivity contribution in [3.63, 3.8) is 0 Å². The molecule has 1 aromatic rings. The third-order valence-electron chi connectivity index (χ3n) is 2.72. The molecule has 0 aliphatic heterocycles. The van der Waals surface area contributed by atoms with Crippen LogP contribution in [0.5, 0.6) is 0 Å². The number of aliphatic carboxylic acids is 1. The quantitative estimate of drug-likeness (QED) is 0.749. The summed E-state index contributed by atoms with van der Waals surface area (Å²) in [6, 6.07) is 3.03. The highest BCUT2D eigenvalue weighted by molar-refractivity contribution is 7.89. The molecule has 0 spiro atoms. The third-order valence-corrected chi connectivity index (χ3v) is 4.17. The van der Waals surface area contributed by atoms with Crippen LogP contribution >= 0.6 is 0 Å². The van der Waals surface area contributed by atoms with Crippen molar-refractivity contribution < 1.29 is 18.3 Å². The molecule has 7 heteroatoms. The molecule has 0 aliphatic carbocycles. The minimum atomic E-state index is -3.52. The zero-order valence-electron chi connectivity index (χ0n) is 10.7. The summed E-state index contributed by atoms with van der Waals surface area (Å²) in [4.78, 5) is 14.3. The molecule has 1 atom stereocenters. The van der Waals surface area contributed by atoms with E-state index in [0.717, 1.165) is 0 Å². The van der Waals surface area contributed by atoms with Gasteiger partial charge in [0.05, 0.1) is 0 Å². The number of sulfonamides is 1. The molecule has 0 saturated carbocycles. The highest BCUT2D eigenvalue weighted by atomic mass is 32.2. The van der Waals surface area contributed by atoms with Crippen LogP contribution in [-0.4, -0.2) is 31.0 Å². The van der Waals surface area contributed by atoms with Gasteiger partial charge in [-0.25, -0.2) is 13.1 Å². The van der Waals surface area contributed by atoms with Crippen LogP contribution in [0, 0.1) is 5.92 Å². The lowest BCUT2D eigenvalue weighted by Gasteiger charge is -2.11. The summed E-state index contributed by atoms with van der Waals surface area (Å²) in [5.74, 6) is -0.671. The predicted molar refractivity (Wildman–Crippen MR) is 70.1 cm³/mol. The van der Waals surface area contributed by atoms with Crippen molar-refractivity contribution in [2.24, 2.45) is 5.92 Å². The van der Waals surface area contributed by atoms with Gasteiger partial charge in [0.1, 0.15) is 4.90 Å². The maximum Gasteiger partial charge on any atom is 0.303 e. The molecule has 0 amide bonds. The first kappa shape index (κ1) is 15.6. The molecule has 6 nitrogen and oxygen atoms in total. The number of pyridine rings is 1. The van der Waals surface area contributed by atoms with Crippen LogP contribution in [0.25, 0.3) is 0 Å². The Morgan fingerprint density at radius 2 is 2.21 bits per heavy atom. The first-order chi connectivity index (χ1) is 8.92. The molecule has 19 heavy (non-hydrogen) atoms. The Morgan fingerprint density at radius 3 is 2.79 bits per heavy atom. The molecule has 0 fully saturated rings. The fourth-order valence-electron chi connectivity index (χ4n) is 1.54. The van der Waals surface area contributed by atoms with E-state index < -0.39 is 16.0 Å². The van der Waals surface area contributed by atoms with Gasteiger partial charge in [-0.05, 0) is 30.9 Å². The fourth-order valence-corrected chi connectivity index (χ4v) is 2.55. The highest BCUT2D eigenvalue weighted by Crippen LogP contribution is 2.11. The average molecular weight is 286 g/mol. The summed E-state index contributed by atoms with van der Waals surface area (Å²) in [6.07, 6.45) is 4.05. The number of hydrogen-bond donors (Lipinski definition) is 2. The molecule has 1 rings (SSSR count). The van der Waals surface area contributed by atoms with Gasteiger partial charge in [0, 0.05) is 25.4 Å². The van der Waals surface area contributed by atoms with E-state index >= 15 is 0 Å². The summed E-state index contributed by atoms with van der Waals surface area (Å²) >= 11 is 0. The summed E-state index contributed by atoms with van der Waals surface area (Å²) in [5.41, 5.74) is 0. The molecule has 1 heterocycles. The van der Waals surface area contributed by atoms with E-state index in [2.05, 4.69) is 9.71 Å². The normalized spacial score (nSPS) is 13.1. The van der Waals surface area contributed by atoms with Gasteiger partial charge in [-0.2, -0.15) is 0 Å². The van der Waals surface area contributed by atoms with Crippen molar-refractivity contribution in [2.45, 2.75) is 31.1 Å². The largest absolute Gasteiger partial charge is 0.481 e. The van der Waals surface area contributed by atoms with Crippen molar-refractivity contribution in [2.75, 3.05) is 6.54 Å². The Bertz CT molecular complexity index is 502. The molecule has 0 saturated heterocycles. The van der Waals surface area contributed by atoms with Crippen LogP contribution in [0.1, 0.15) is 26.2 Å². The minimum Gasteiger partial charge on any atom is -0.481 e. The zero-order chi connectivity index (χ0) is 14.3. The maximum absolute atomic E-state index is 11.8. The number of rotatable bonds is 8. The van der Waals surface area contributed by atoms with Gasteiger partial charge in [-0.3, -0.25) is 9.78 Å². The molecule has 0 aromatic carbocycles. The van der Waals surface area contributed by atoms with E-state index in [0.29, 0.717) is 12.8 Å². The van der Waals surface area contributed by atoms with Gasteiger partial charge < -0.3 is 5.11 Å². The number of carbonyl (C=O) groups is 1. The summed E-state index contributed by atoms with van der Waals surface area (Å²) in [5, 5.41) is 8.55. The molecular weight excluding hydrogens is 268 g/mol. The van der Waals surface area contributed by atoms with Gasteiger partial charge in [0.25, 0.3) is 0 Å². The number of aromatic nitrogens is 1. The Hall–Kier alpha value is -1.47. The van der Waals surface area contributed by atoms with Crippen molar-refractivity contribution >= 4 is 16.0 Å². The van der Waals surface area contributed by atoms with Crippen LogP contribution < -0.4 is 4.72 Å². The van der Waals surface area contributed by atoms with Gasteiger partial charge in [0.15, 0.2) is 0 Å². The van der Waals surface area contributed by atoms with Gasteiger partial charge >= 0.3 is 5.97 Å². The second kappa shape index (κ2) is 7.20. The first-order valence-electron chi connectivity index (χ1n) is 6.03. The van der Waals surface area contributed by atoms with E-state index in [1.165, 1.54) is 18.5 Å². The van der Waals surface area contributed by atoms with E-state index in [-0.39, 0.29) is 23.8 Å². The van der Waals surface area contributed by atoms with Crippen LogP contribution in [-0.2, 0) is 14.8 Å². The average Bonchev–Trinajstić information content (AvgIpc) is 2.37. The van der Waals surface area contributed by atoms with Gasteiger partial charge in [0.2, 0.25) is 10.0 Å². The maximum atomic E-state index is 11.8. The lowest BCUT2D eigenvalue weighted by Crippen LogP contribution is -2.26. The Morgan fingerprint density at radius 1 is 1.47 bits per heavy atom. The third kappa shape index (κ3) is 5.80. The number of hydrogen-bond acceptors (Lipinski definition) is 4. The van der Waals surface area contributed by atoms with E-state index in [1.807, 2.05) is 6.92 Å². The Labute approximate surface area is 112 Å². The molecule has 2 N–H and O–H groups in total. The van der Waals surface area contributed by atoms with Gasteiger partial charge in [-0.1, -0.05) is 6.92 Å². The molecule has 1 unspecified atom stereocenters. The highest BCUT2D eigenvalue weighted by Gasteiger charge is 2.14. The van der Waals surface area contributed by atoms with Crippen molar-refractivity contribution in [3.8, 4) is 0 Å². The molecule has 0 bridgehead atoms. The summed E-state index contributed by atoms with van der Waals surface area (Å²) in [7, 11) is -3.52.